The number of para-hydroxylation sites is 2. The molecule has 0 unspecified atom stereocenters. The summed E-state index contributed by atoms with van der Waals surface area (Å²) >= 11 is 0. The largest absolute Gasteiger partial charge is 2.00 e. The Morgan fingerprint density at radius 3 is 1.91 bits per heavy atom. The molecule has 2 aliphatic rings. The molecule has 7 aromatic rings. The van der Waals surface area contributed by atoms with Crippen molar-refractivity contribution >= 4 is 57.2 Å². The van der Waals surface area contributed by atoms with Crippen molar-refractivity contribution in [1.82, 2.24) is 9.97 Å². The standard InChI is InChI=1S/C46H37BN4O.Pt/c1-3-14-32-28-33(15-4-2)46(49-31-32)34-23-25-40-38(29-34)47-39-30-37(52-44-22-11-12-27-48-44)24-26-41(39)51(36-18-9-6-10-19-36)43-21-13-20-42(45(43)47)50(40)35-16-7-5-8-17-35;/h5-13,16-28,31H,3-4,14-15H2,1-2H3;/q-2;+2. The van der Waals surface area contributed by atoms with E-state index in [4.69, 9.17) is 9.72 Å². The van der Waals surface area contributed by atoms with E-state index in [-0.39, 0.29) is 27.8 Å². The van der Waals surface area contributed by atoms with Crippen LogP contribution in [-0.4, -0.2) is 16.7 Å². The van der Waals surface area contributed by atoms with E-state index in [0.717, 1.165) is 82.0 Å². The Morgan fingerprint density at radius 1 is 0.623 bits per heavy atom. The van der Waals surface area contributed by atoms with Gasteiger partial charge in [0.25, 0.3) is 0 Å². The summed E-state index contributed by atoms with van der Waals surface area (Å²) < 4.78 is 6.34. The van der Waals surface area contributed by atoms with Gasteiger partial charge in [-0.05, 0) is 77.7 Å². The molecular weight excluding hydrogens is 830 g/mol. The summed E-state index contributed by atoms with van der Waals surface area (Å²) in [6.07, 6.45) is 7.94. The van der Waals surface area contributed by atoms with Crippen molar-refractivity contribution in [3.8, 4) is 22.9 Å². The molecule has 5 nitrogen and oxygen atoms in total. The first-order valence-corrected chi connectivity index (χ1v) is 18.2. The molecule has 2 aliphatic heterocycles. The van der Waals surface area contributed by atoms with E-state index in [1.165, 1.54) is 16.6 Å². The topological polar surface area (TPSA) is 41.5 Å². The average Bonchev–Trinajstić information content (AvgIpc) is 3.19. The molecular formula is C46H37BN4OPt. The van der Waals surface area contributed by atoms with Gasteiger partial charge in [-0.15, -0.1) is 47.4 Å². The zero-order chi connectivity index (χ0) is 35.0. The molecule has 53 heavy (non-hydrogen) atoms. The van der Waals surface area contributed by atoms with Gasteiger partial charge in [-0.1, -0.05) is 92.5 Å². The van der Waals surface area contributed by atoms with Crippen molar-refractivity contribution in [1.29, 1.82) is 0 Å². The number of rotatable bonds is 9. The molecule has 0 fully saturated rings. The quantitative estimate of drug-likeness (QED) is 0.107. The summed E-state index contributed by atoms with van der Waals surface area (Å²) in [5.74, 6) is 1.15. The minimum absolute atomic E-state index is 0. The van der Waals surface area contributed by atoms with Crippen LogP contribution in [0.15, 0.2) is 140 Å². The van der Waals surface area contributed by atoms with Crippen LogP contribution in [0.25, 0.3) is 11.3 Å². The Balaban J connectivity index is 0.00000400. The predicted molar refractivity (Wildman–Crippen MR) is 214 cm³/mol. The van der Waals surface area contributed by atoms with Crippen LogP contribution in [0.2, 0.25) is 0 Å². The molecule has 5 aromatic carbocycles. The molecule has 0 amide bonds. The molecule has 0 N–H and O–H groups in total. The summed E-state index contributed by atoms with van der Waals surface area (Å²) in [5, 5.41) is 0. The number of ether oxygens (including phenoxy) is 1. The molecule has 0 saturated carbocycles. The Hall–Kier alpha value is -5.45. The fourth-order valence-corrected chi connectivity index (χ4v) is 7.85. The van der Waals surface area contributed by atoms with Crippen LogP contribution in [-0.2, 0) is 33.9 Å². The first-order chi connectivity index (χ1) is 25.7. The second-order valence-corrected chi connectivity index (χ2v) is 13.4. The number of pyridine rings is 2. The van der Waals surface area contributed by atoms with Gasteiger partial charge >= 0.3 is 21.1 Å². The SMILES string of the molecule is CCCc1cnc(-c2[c-]c3c(cc2)N(c2ccccc2)c2cccc4c2B3c2[c-]c(Oc3ccccn3)ccc2N4c2ccccc2)c(CCC)c1.[Pt+2]. The third kappa shape index (κ3) is 6.25. The van der Waals surface area contributed by atoms with Crippen LogP contribution >= 0.6 is 0 Å². The van der Waals surface area contributed by atoms with Gasteiger partial charge in [-0.25, -0.2) is 4.98 Å². The summed E-state index contributed by atoms with van der Waals surface area (Å²) in [5.41, 5.74) is 14.5. The number of nitrogens with zero attached hydrogens (tertiary/aromatic N) is 4. The molecule has 0 bridgehead atoms. The van der Waals surface area contributed by atoms with Crippen LogP contribution in [0.1, 0.15) is 37.8 Å². The van der Waals surface area contributed by atoms with E-state index in [2.05, 4.69) is 150 Å². The van der Waals surface area contributed by atoms with Crippen molar-refractivity contribution in [3.05, 3.63) is 163 Å². The smallest absolute Gasteiger partial charge is 0.466 e. The first kappa shape index (κ1) is 34.6. The number of fused-ring (bicyclic) bond motifs is 4. The van der Waals surface area contributed by atoms with Crippen molar-refractivity contribution in [3.63, 3.8) is 0 Å². The Labute approximate surface area is 326 Å². The van der Waals surface area contributed by atoms with Crippen molar-refractivity contribution in [2.24, 2.45) is 0 Å². The monoisotopic (exact) mass is 867 g/mol. The number of aromatic nitrogens is 2. The van der Waals surface area contributed by atoms with Crippen LogP contribution in [0, 0.1) is 12.1 Å². The van der Waals surface area contributed by atoms with Crippen molar-refractivity contribution < 1.29 is 25.8 Å². The summed E-state index contributed by atoms with van der Waals surface area (Å²) in [4.78, 5) is 14.3. The number of hydrogen-bond acceptors (Lipinski definition) is 5. The maximum absolute atomic E-state index is 6.34. The van der Waals surface area contributed by atoms with E-state index in [1.54, 1.807) is 6.20 Å². The van der Waals surface area contributed by atoms with Gasteiger partial charge < -0.3 is 19.5 Å². The van der Waals surface area contributed by atoms with E-state index in [1.807, 2.05) is 24.3 Å². The van der Waals surface area contributed by atoms with Gasteiger partial charge in [-0.3, -0.25) is 0 Å². The summed E-state index contributed by atoms with van der Waals surface area (Å²) in [6, 6.07) is 52.3. The second-order valence-electron chi connectivity index (χ2n) is 13.4. The Kier molecular flexibility index (Phi) is 9.73. The predicted octanol–water partition coefficient (Wildman–Crippen LogP) is 9.52. The van der Waals surface area contributed by atoms with Gasteiger partial charge in [0.15, 0.2) is 0 Å². The third-order valence-corrected chi connectivity index (χ3v) is 9.99. The summed E-state index contributed by atoms with van der Waals surface area (Å²) in [6.45, 7) is 4.29. The van der Waals surface area contributed by atoms with Crippen LogP contribution < -0.4 is 30.9 Å². The molecule has 0 aliphatic carbocycles. The van der Waals surface area contributed by atoms with E-state index in [9.17, 15) is 0 Å². The fourth-order valence-electron chi connectivity index (χ4n) is 7.85. The fraction of sp³-hybridized carbons (Fsp3) is 0.130. The molecule has 0 saturated heterocycles. The van der Waals surface area contributed by atoms with E-state index >= 15 is 0 Å². The molecule has 4 heterocycles. The number of hydrogen-bond donors (Lipinski definition) is 0. The van der Waals surface area contributed by atoms with Gasteiger partial charge in [0.05, 0.1) is 0 Å². The van der Waals surface area contributed by atoms with Gasteiger partial charge in [0, 0.05) is 47.0 Å². The molecule has 7 heteroatoms. The van der Waals surface area contributed by atoms with Crippen LogP contribution in [0.5, 0.6) is 11.6 Å². The molecule has 0 atom stereocenters. The normalized spacial score (nSPS) is 12.4. The second kappa shape index (κ2) is 14.9. The maximum atomic E-state index is 6.34. The van der Waals surface area contributed by atoms with Crippen LogP contribution in [0.4, 0.5) is 34.1 Å². The number of aryl methyl sites for hydroxylation is 2. The number of anilines is 6. The van der Waals surface area contributed by atoms with Gasteiger partial charge in [0.2, 0.25) is 12.6 Å². The maximum Gasteiger partial charge on any atom is 2.00 e. The molecule has 9 rings (SSSR count). The van der Waals surface area contributed by atoms with Crippen molar-refractivity contribution in [2.75, 3.05) is 9.80 Å². The van der Waals surface area contributed by atoms with Gasteiger partial charge in [0.1, 0.15) is 0 Å². The minimum atomic E-state index is -0.169. The third-order valence-electron chi connectivity index (χ3n) is 9.99. The minimum Gasteiger partial charge on any atom is -0.466 e. The van der Waals surface area contributed by atoms with E-state index in [0.29, 0.717) is 11.6 Å². The summed E-state index contributed by atoms with van der Waals surface area (Å²) in [7, 11) is 0. The zero-order valence-electron chi connectivity index (χ0n) is 29.7. The van der Waals surface area contributed by atoms with Gasteiger partial charge in [-0.2, -0.15) is 5.46 Å². The first-order valence-electron chi connectivity index (χ1n) is 18.2. The number of benzene rings is 5. The molecule has 260 valence electrons. The molecule has 2 aromatic heterocycles. The Bertz CT molecular complexity index is 2380. The molecule has 0 radical (unpaired) electrons. The van der Waals surface area contributed by atoms with Crippen LogP contribution in [0.3, 0.4) is 0 Å². The Morgan fingerprint density at radius 2 is 1.26 bits per heavy atom. The van der Waals surface area contributed by atoms with Crippen molar-refractivity contribution in [2.45, 2.75) is 39.5 Å². The molecule has 0 spiro atoms. The zero-order valence-corrected chi connectivity index (χ0v) is 32.0. The average molecular weight is 868 g/mol. The van der Waals surface area contributed by atoms with E-state index < -0.39 is 0 Å².